The maximum atomic E-state index is 12.0. The van der Waals surface area contributed by atoms with Crippen LogP contribution in [0.3, 0.4) is 0 Å². The third kappa shape index (κ3) is 3.30. The van der Waals surface area contributed by atoms with Crippen LogP contribution in [-0.2, 0) is 10.0 Å². The third-order valence-electron chi connectivity index (χ3n) is 2.47. The zero-order valence-corrected chi connectivity index (χ0v) is 12.0. The van der Waals surface area contributed by atoms with Crippen molar-refractivity contribution in [1.29, 1.82) is 0 Å². The molecule has 0 aliphatic rings. The molecule has 0 amide bonds. The van der Waals surface area contributed by atoms with E-state index in [4.69, 9.17) is 0 Å². The SMILES string of the molecule is CC(C)[C@@H](C)NS(=O)(=O)c1ccccc1Br. The van der Waals surface area contributed by atoms with Gasteiger partial charge in [0.1, 0.15) is 0 Å². The van der Waals surface area contributed by atoms with Crippen molar-refractivity contribution < 1.29 is 8.42 Å². The maximum absolute atomic E-state index is 12.0. The van der Waals surface area contributed by atoms with E-state index in [0.29, 0.717) is 4.47 Å². The van der Waals surface area contributed by atoms with Crippen molar-refractivity contribution in [3.8, 4) is 0 Å². The molecule has 1 aromatic rings. The molecule has 90 valence electrons. The molecule has 0 saturated carbocycles. The highest BCUT2D eigenvalue weighted by Gasteiger charge is 2.20. The molecule has 0 aliphatic heterocycles. The lowest BCUT2D eigenvalue weighted by Gasteiger charge is -2.17. The zero-order valence-electron chi connectivity index (χ0n) is 9.57. The molecule has 1 rings (SSSR count). The van der Waals surface area contributed by atoms with Crippen LogP contribution >= 0.6 is 15.9 Å². The summed E-state index contributed by atoms with van der Waals surface area (Å²) in [6, 6.07) is 6.71. The number of benzene rings is 1. The quantitative estimate of drug-likeness (QED) is 0.930. The third-order valence-corrected chi connectivity index (χ3v) is 5.04. The number of rotatable bonds is 4. The van der Waals surface area contributed by atoms with Gasteiger partial charge in [-0.05, 0) is 40.9 Å². The van der Waals surface area contributed by atoms with Crippen LogP contribution in [0.15, 0.2) is 33.6 Å². The lowest BCUT2D eigenvalue weighted by Crippen LogP contribution is -2.36. The molecule has 1 atom stereocenters. The van der Waals surface area contributed by atoms with Crippen molar-refractivity contribution in [2.75, 3.05) is 0 Å². The molecule has 0 aromatic heterocycles. The summed E-state index contributed by atoms with van der Waals surface area (Å²) < 4.78 is 27.3. The molecule has 0 bridgehead atoms. The predicted molar refractivity (Wildman–Crippen MR) is 68.8 cm³/mol. The van der Waals surface area contributed by atoms with E-state index in [1.165, 1.54) is 0 Å². The predicted octanol–water partition coefficient (Wildman–Crippen LogP) is 2.77. The van der Waals surface area contributed by atoms with Gasteiger partial charge < -0.3 is 0 Å². The van der Waals surface area contributed by atoms with Crippen molar-refractivity contribution in [3.63, 3.8) is 0 Å². The Balaban J connectivity index is 3.00. The highest BCUT2D eigenvalue weighted by molar-refractivity contribution is 9.10. The minimum absolute atomic E-state index is 0.0860. The fraction of sp³-hybridized carbons (Fsp3) is 0.455. The van der Waals surface area contributed by atoms with E-state index < -0.39 is 10.0 Å². The molecule has 0 spiro atoms. The molecule has 0 unspecified atom stereocenters. The molecule has 0 aliphatic carbocycles. The number of hydrogen-bond donors (Lipinski definition) is 1. The summed E-state index contributed by atoms with van der Waals surface area (Å²) >= 11 is 3.24. The number of nitrogens with one attached hydrogen (secondary N) is 1. The monoisotopic (exact) mass is 305 g/mol. The smallest absolute Gasteiger partial charge is 0.208 e. The Bertz CT molecular complexity index is 457. The van der Waals surface area contributed by atoms with E-state index in [-0.39, 0.29) is 16.9 Å². The molecule has 1 aromatic carbocycles. The first-order valence-corrected chi connectivity index (χ1v) is 7.39. The van der Waals surface area contributed by atoms with E-state index in [1.807, 2.05) is 20.8 Å². The van der Waals surface area contributed by atoms with E-state index in [0.717, 1.165) is 0 Å². The van der Waals surface area contributed by atoms with Crippen LogP contribution in [0.1, 0.15) is 20.8 Å². The molecule has 0 heterocycles. The molecule has 0 saturated heterocycles. The van der Waals surface area contributed by atoms with Gasteiger partial charge >= 0.3 is 0 Å². The Morgan fingerprint density at radius 2 is 1.75 bits per heavy atom. The molecular weight excluding hydrogens is 290 g/mol. The summed E-state index contributed by atoms with van der Waals surface area (Å²) in [7, 11) is -3.43. The van der Waals surface area contributed by atoms with Crippen molar-refractivity contribution in [2.45, 2.75) is 31.7 Å². The van der Waals surface area contributed by atoms with Gasteiger partial charge in [-0.3, -0.25) is 0 Å². The van der Waals surface area contributed by atoms with E-state index in [1.54, 1.807) is 24.3 Å². The first kappa shape index (κ1) is 13.7. The summed E-state index contributed by atoms with van der Waals surface area (Å²) in [6.07, 6.45) is 0. The van der Waals surface area contributed by atoms with Gasteiger partial charge in [-0.2, -0.15) is 0 Å². The van der Waals surface area contributed by atoms with Gasteiger partial charge in [0, 0.05) is 10.5 Å². The summed E-state index contributed by atoms with van der Waals surface area (Å²) in [5.74, 6) is 0.261. The fourth-order valence-corrected chi connectivity index (χ4v) is 3.50. The first-order valence-electron chi connectivity index (χ1n) is 5.11. The minimum Gasteiger partial charge on any atom is -0.208 e. The largest absolute Gasteiger partial charge is 0.241 e. The van der Waals surface area contributed by atoms with Crippen molar-refractivity contribution in [2.24, 2.45) is 5.92 Å². The van der Waals surface area contributed by atoms with Crippen molar-refractivity contribution in [3.05, 3.63) is 28.7 Å². The number of hydrogen-bond acceptors (Lipinski definition) is 2. The van der Waals surface area contributed by atoms with E-state index in [9.17, 15) is 8.42 Å². The molecule has 1 N–H and O–H groups in total. The Hall–Kier alpha value is -0.390. The standard InChI is InChI=1S/C11H16BrNO2S/c1-8(2)9(3)13-16(14,15)11-7-5-4-6-10(11)12/h4-9,13H,1-3H3/t9-/m1/s1. The normalized spacial score (nSPS) is 14.1. The van der Waals surface area contributed by atoms with Gasteiger partial charge in [-0.25, -0.2) is 13.1 Å². The van der Waals surface area contributed by atoms with Gasteiger partial charge in [0.25, 0.3) is 0 Å². The first-order chi connectivity index (χ1) is 7.34. The number of sulfonamides is 1. The number of halogens is 1. The lowest BCUT2D eigenvalue weighted by atomic mass is 10.1. The second-order valence-corrected chi connectivity index (χ2v) is 6.62. The van der Waals surface area contributed by atoms with Gasteiger partial charge in [-0.1, -0.05) is 26.0 Å². The average molecular weight is 306 g/mol. The Kier molecular flexibility index (Phi) is 4.52. The Labute approximate surface area is 105 Å². The van der Waals surface area contributed by atoms with Crippen LogP contribution < -0.4 is 4.72 Å². The van der Waals surface area contributed by atoms with Crippen LogP contribution in [0, 0.1) is 5.92 Å². The average Bonchev–Trinajstić information content (AvgIpc) is 2.17. The van der Waals surface area contributed by atoms with Crippen LogP contribution in [0.25, 0.3) is 0 Å². The van der Waals surface area contributed by atoms with Crippen LogP contribution in [0.5, 0.6) is 0 Å². The second kappa shape index (κ2) is 5.29. The maximum Gasteiger partial charge on any atom is 0.241 e. The Morgan fingerprint density at radius 1 is 1.19 bits per heavy atom. The highest BCUT2D eigenvalue weighted by Crippen LogP contribution is 2.21. The van der Waals surface area contributed by atoms with Gasteiger partial charge in [0.15, 0.2) is 0 Å². The molecule has 16 heavy (non-hydrogen) atoms. The van der Waals surface area contributed by atoms with Gasteiger partial charge in [0.05, 0.1) is 4.90 Å². The van der Waals surface area contributed by atoms with Crippen LogP contribution in [0.4, 0.5) is 0 Å². The summed E-state index contributed by atoms with van der Waals surface area (Å²) in [5.41, 5.74) is 0. The van der Waals surface area contributed by atoms with E-state index >= 15 is 0 Å². The molecule has 3 nitrogen and oxygen atoms in total. The Morgan fingerprint density at radius 3 is 2.25 bits per heavy atom. The summed E-state index contributed by atoms with van der Waals surface area (Å²) in [4.78, 5) is 0.280. The van der Waals surface area contributed by atoms with Crippen molar-refractivity contribution in [1.82, 2.24) is 4.72 Å². The lowest BCUT2D eigenvalue weighted by molar-refractivity contribution is 0.476. The molecular formula is C11H16BrNO2S. The van der Waals surface area contributed by atoms with Gasteiger partial charge in [0.2, 0.25) is 10.0 Å². The second-order valence-electron chi connectivity index (χ2n) is 4.08. The highest BCUT2D eigenvalue weighted by atomic mass is 79.9. The summed E-state index contributed by atoms with van der Waals surface area (Å²) in [6.45, 7) is 5.82. The minimum atomic E-state index is -3.43. The van der Waals surface area contributed by atoms with Crippen molar-refractivity contribution >= 4 is 26.0 Å². The van der Waals surface area contributed by atoms with Crippen LogP contribution in [-0.4, -0.2) is 14.5 Å². The topological polar surface area (TPSA) is 46.2 Å². The molecule has 0 fully saturated rings. The van der Waals surface area contributed by atoms with E-state index in [2.05, 4.69) is 20.7 Å². The summed E-state index contributed by atoms with van der Waals surface area (Å²) in [5, 5.41) is 0. The van der Waals surface area contributed by atoms with Crippen LogP contribution in [0.2, 0.25) is 0 Å². The molecule has 5 heteroatoms. The zero-order chi connectivity index (χ0) is 12.3. The fourth-order valence-electron chi connectivity index (χ4n) is 1.11. The van der Waals surface area contributed by atoms with Gasteiger partial charge in [-0.15, -0.1) is 0 Å². The molecule has 0 radical (unpaired) electrons.